The van der Waals surface area contributed by atoms with Gasteiger partial charge in [-0.15, -0.1) is 0 Å². The summed E-state index contributed by atoms with van der Waals surface area (Å²) in [7, 11) is -4.28. The van der Waals surface area contributed by atoms with Gasteiger partial charge in [0.05, 0.1) is 10.6 Å². The van der Waals surface area contributed by atoms with E-state index in [1.165, 1.54) is 49.4 Å². The van der Waals surface area contributed by atoms with Gasteiger partial charge in [0.25, 0.3) is 10.0 Å². The second-order valence-corrected chi connectivity index (χ2v) is 12.2. The molecule has 0 saturated carbocycles. The number of anilines is 1. The molecule has 0 aliphatic carbocycles. The van der Waals surface area contributed by atoms with Gasteiger partial charge in [0.1, 0.15) is 24.2 Å². The van der Waals surface area contributed by atoms with Gasteiger partial charge in [-0.05, 0) is 77.1 Å². The van der Waals surface area contributed by atoms with Crippen molar-refractivity contribution in [2.24, 2.45) is 0 Å². The number of carbonyl (C=O) groups excluding carboxylic acids is 2. The molecule has 39 heavy (non-hydrogen) atoms. The van der Waals surface area contributed by atoms with E-state index in [4.69, 9.17) is 0 Å². The lowest BCUT2D eigenvalue weighted by Gasteiger charge is -2.33. The van der Waals surface area contributed by atoms with Crippen molar-refractivity contribution < 1.29 is 26.8 Å². The van der Waals surface area contributed by atoms with Crippen LogP contribution in [0.3, 0.4) is 0 Å². The van der Waals surface area contributed by atoms with Crippen LogP contribution in [0.1, 0.15) is 38.8 Å². The number of nitrogens with one attached hydrogen (secondary N) is 1. The summed E-state index contributed by atoms with van der Waals surface area (Å²) in [4.78, 5) is 27.9. The quantitative estimate of drug-likeness (QED) is 0.410. The summed E-state index contributed by atoms with van der Waals surface area (Å²) >= 11 is 0. The largest absolute Gasteiger partial charge is 0.350 e. The summed E-state index contributed by atoms with van der Waals surface area (Å²) in [5.41, 5.74) is 0.458. The molecule has 208 valence electrons. The van der Waals surface area contributed by atoms with Crippen LogP contribution < -0.4 is 9.62 Å². The van der Waals surface area contributed by atoms with E-state index in [1.54, 1.807) is 39.0 Å². The third-order valence-corrected chi connectivity index (χ3v) is 7.75. The number of hydrogen-bond donors (Lipinski definition) is 1. The molecule has 0 heterocycles. The predicted octanol–water partition coefficient (Wildman–Crippen LogP) is 4.80. The number of sulfonamides is 1. The average Bonchev–Trinajstić information content (AvgIpc) is 2.86. The van der Waals surface area contributed by atoms with E-state index < -0.39 is 51.6 Å². The molecule has 7 nitrogen and oxygen atoms in total. The maximum Gasteiger partial charge on any atom is 0.264 e. The molecule has 0 spiro atoms. The number of rotatable bonds is 9. The van der Waals surface area contributed by atoms with Crippen LogP contribution in [0.2, 0.25) is 0 Å². The van der Waals surface area contributed by atoms with Gasteiger partial charge >= 0.3 is 0 Å². The average molecular weight is 558 g/mol. The van der Waals surface area contributed by atoms with Gasteiger partial charge < -0.3 is 10.2 Å². The Balaban J connectivity index is 2.04. The normalized spacial score (nSPS) is 12.5. The first-order valence-electron chi connectivity index (χ1n) is 12.4. The first kappa shape index (κ1) is 29.8. The minimum Gasteiger partial charge on any atom is -0.350 e. The van der Waals surface area contributed by atoms with Crippen LogP contribution in [0, 0.1) is 18.6 Å². The number of halogens is 2. The number of carbonyl (C=O) groups is 2. The first-order valence-corrected chi connectivity index (χ1v) is 13.8. The van der Waals surface area contributed by atoms with Gasteiger partial charge in [0.2, 0.25) is 11.8 Å². The fourth-order valence-corrected chi connectivity index (χ4v) is 5.25. The molecule has 0 aliphatic rings. The Morgan fingerprint density at radius 3 is 2.08 bits per heavy atom. The van der Waals surface area contributed by atoms with Crippen molar-refractivity contribution in [3.63, 3.8) is 0 Å². The standard InChI is InChI=1S/C29H33F2N3O4S/c1-20-10-16-25(17-11-20)39(37,38)34(24-14-12-23(30)13-15-24)19-27(35)33(18-22-8-6-7-9-26(22)31)21(2)28(36)32-29(3,4)5/h6-17,21H,18-19H2,1-5H3,(H,32,36)/t21-/m1/s1. The van der Waals surface area contributed by atoms with Crippen LogP contribution in [-0.2, 0) is 26.2 Å². The maximum atomic E-state index is 14.6. The van der Waals surface area contributed by atoms with Gasteiger partial charge in [-0.3, -0.25) is 13.9 Å². The van der Waals surface area contributed by atoms with Gasteiger partial charge in [0.15, 0.2) is 0 Å². The van der Waals surface area contributed by atoms with Crippen LogP contribution >= 0.6 is 0 Å². The number of nitrogens with zero attached hydrogens (tertiary/aromatic N) is 2. The fourth-order valence-electron chi connectivity index (χ4n) is 3.84. The van der Waals surface area contributed by atoms with E-state index in [1.807, 2.05) is 6.92 Å². The van der Waals surface area contributed by atoms with E-state index in [9.17, 15) is 26.8 Å². The van der Waals surface area contributed by atoms with Crippen molar-refractivity contribution in [3.8, 4) is 0 Å². The van der Waals surface area contributed by atoms with Gasteiger partial charge in [-0.2, -0.15) is 0 Å². The number of hydrogen-bond acceptors (Lipinski definition) is 4. The lowest BCUT2D eigenvalue weighted by molar-refractivity contribution is -0.140. The van der Waals surface area contributed by atoms with Crippen LogP contribution in [0.5, 0.6) is 0 Å². The molecule has 3 rings (SSSR count). The van der Waals surface area contributed by atoms with Crippen molar-refractivity contribution in [2.75, 3.05) is 10.8 Å². The van der Waals surface area contributed by atoms with Gasteiger partial charge in [-0.1, -0.05) is 35.9 Å². The van der Waals surface area contributed by atoms with Gasteiger partial charge in [0, 0.05) is 17.6 Å². The second-order valence-electron chi connectivity index (χ2n) is 10.3. The van der Waals surface area contributed by atoms with Crippen molar-refractivity contribution in [1.29, 1.82) is 0 Å². The van der Waals surface area contributed by atoms with E-state index in [-0.39, 0.29) is 22.7 Å². The summed E-state index contributed by atoms with van der Waals surface area (Å²) in [6.45, 7) is 7.68. The minimum atomic E-state index is -4.28. The number of aryl methyl sites for hydroxylation is 1. The molecular weight excluding hydrogens is 524 g/mol. The predicted molar refractivity (Wildman–Crippen MR) is 146 cm³/mol. The van der Waals surface area contributed by atoms with Crippen LogP contribution in [-0.4, -0.2) is 43.3 Å². The molecule has 10 heteroatoms. The van der Waals surface area contributed by atoms with Crippen molar-refractivity contribution in [3.05, 3.63) is 95.6 Å². The van der Waals surface area contributed by atoms with E-state index >= 15 is 0 Å². The van der Waals surface area contributed by atoms with Crippen LogP contribution in [0.25, 0.3) is 0 Å². The SMILES string of the molecule is Cc1ccc(S(=O)(=O)N(CC(=O)N(Cc2ccccc2F)[C@H](C)C(=O)NC(C)(C)C)c2ccc(F)cc2)cc1. The molecule has 0 aliphatic heterocycles. The molecule has 0 unspecified atom stereocenters. The monoisotopic (exact) mass is 557 g/mol. The first-order chi connectivity index (χ1) is 18.2. The number of benzene rings is 3. The highest BCUT2D eigenvalue weighted by molar-refractivity contribution is 7.92. The topological polar surface area (TPSA) is 86.8 Å². The Morgan fingerprint density at radius 1 is 0.923 bits per heavy atom. The van der Waals surface area contributed by atoms with Gasteiger partial charge in [-0.25, -0.2) is 17.2 Å². The summed E-state index contributed by atoms with van der Waals surface area (Å²) in [6, 6.07) is 15.6. The zero-order valence-corrected chi connectivity index (χ0v) is 23.4. The third kappa shape index (κ3) is 7.63. The highest BCUT2D eigenvalue weighted by Gasteiger charge is 2.33. The smallest absolute Gasteiger partial charge is 0.264 e. The summed E-state index contributed by atoms with van der Waals surface area (Å²) in [5.74, 6) is -2.37. The van der Waals surface area contributed by atoms with Crippen molar-refractivity contribution in [1.82, 2.24) is 10.2 Å². The van der Waals surface area contributed by atoms with Crippen molar-refractivity contribution in [2.45, 2.75) is 57.6 Å². The lowest BCUT2D eigenvalue weighted by atomic mass is 10.1. The molecule has 1 atom stereocenters. The molecule has 0 saturated heterocycles. The molecule has 0 fully saturated rings. The highest BCUT2D eigenvalue weighted by atomic mass is 32.2. The Labute approximate surface area is 228 Å². The molecule has 1 N–H and O–H groups in total. The molecule has 0 bridgehead atoms. The zero-order chi connectivity index (χ0) is 29.0. The minimum absolute atomic E-state index is 0.0583. The van der Waals surface area contributed by atoms with E-state index in [2.05, 4.69) is 5.32 Å². The molecule has 3 aromatic rings. The zero-order valence-electron chi connectivity index (χ0n) is 22.6. The van der Waals surface area contributed by atoms with Crippen LogP contribution in [0.15, 0.2) is 77.7 Å². The summed E-state index contributed by atoms with van der Waals surface area (Å²) < 4.78 is 56.6. The summed E-state index contributed by atoms with van der Waals surface area (Å²) in [5, 5.41) is 2.81. The molecule has 3 aromatic carbocycles. The molecule has 2 amide bonds. The van der Waals surface area contributed by atoms with E-state index in [0.29, 0.717) is 0 Å². The summed E-state index contributed by atoms with van der Waals surface area (Å²) in [6.07, 6.45) is 0. The lowest BCUT2D eigenvalue weighted by Crippen LogP contribution is -2.54. The molecular formula is C29H33F2N3O4S. The molecule has 0 radical (unpaired) electrons. The Bertz CT molecular complexity index is 1420. The Hall–Kier alpha value is -3.79. The maximum absolute atomic E-state index is 14.6. The second kappa shape index (κ2) is 11.9. The molecule has 0 aromatic heterocycles. The number of amides is 2. The third-order valence-electron chi connectivity index (χ3n) is 5.97. The fraction of sp³-hybridized carbons (Fsp3) is 0.310. The van der Waals surface area contributed by atoms with Crippen molar-refractivity contribution >= 4 is 27.5 Å². The van der Waals surface area contributed by atoms with Crippen LogP contribution in [0.4, 0.5) is 14.5 Å². The highest BCUT2D eigenvalue weighted by Crippen LogP contribution is 2.25. The Kier molecular flexibility index (Phi) is 9.11. The Morgan fingerprint density at radius 2 is 1.51 bits per heavy atom. The van der Waals surface area contributed by atoms with E-state index in [0.717, 1.165) is 26.9 Å².